The minimum atomic E-state index is 0.770. The van der Waals surface area contributed by atoms with Crippen LogP contribution in [-0.4, -0.2) is 16.6 Å². The van der Waals surface area contributed by atoms with Crippen LogP contribution in [0.15, 0.2) is 36.4 Å². The molecule has 0 aliphatic heterocycles. The highest BCUT2D eigenvalue weighted by Gasteiger charge is 2.07. The molecule has 0 unspecified atom stereocenters. The smallest absolute Gasteiger partial charge is 0.122 e. The number of imidazole rings is 1. The van der Waals surface area contributed by atoms with Crippen LogP contribution in [0.2, 0.25) is 0 Å². The van der Waals surface area contributed by atoms with Crippen LogP contribution >= 0.6 is 0 Å². The van der Waals surface area contributed by atoms with Gasteiger partial charge < -0.3 is 9.72 Å². The van der Waals surface area contributed by atoms with Crippen molar-refractivity contribution in [1.82, 2.24) is 9.97 Å². The summed E-state index contributed by atoms with van der Waals surface area (Å²) < 4.78 is 5.83. The summed E-state index contributed by atoms with van der Waals surface area (Å²) in [4.78, 5) is 7.75. The number of nitrogens with one attached hydrogen (secondary N) is 1. The summed E-state index contributed by atoms with van der Waals surface area (Å²) in [6.45, 7) is 7.04. The van der Waals surface area contributed by atoms with Crippen LogP contribution in [0.25, 0.3) is 22.2 Å². The Bertz CT molecular complexity index is 789. The van der Waals surface area contributed by atoms with Crippen molar-refractivity contribution in [3.05, 3.63) is 47.8 Å². The highest BCUT2D eigenvalue weighted by Crippen LogP contribution is 2.29. The molecular weight excluding hydrogens is 272 g/mol. The van der Waals surface area contributed by atoms with Crippen LogP contribution < -0.4 is 4.74 Å². The van der Waals surface area contributed by atoms with Gasteiger partial charge in [0.2, 0.25) is 0 Å². The minimum absolute atomic E-state index is 0.770. The Morgan fingerprint density at radius 2 is 1.82 bits per heavy atom. The van der Waals surface area contributed by atoms with E-state index in [4.69, 9.17) is 4.74 Å². The fourth-order valence-electron chi connectivity index (χ4n) is 2.70. The molecule has 0 aliphatic carbocycles. The number of aromatic nitrogens is 2. The molecule has 1 N–H and O–H groups in total. The van der Waals surface area contributed by atoms with E-state index in [2.05, 4.69) is 60.2 Å². The molecule has 1 heterocycles. The van der Waals surface area contributed by atoms with Crippen LogP contribution in [0.4, 0.5) is 0 Å². The topological polar surface area (TPSA) is 37.9 Å². The first kappa shape index (κ1) is 14.6. The summed E-state index contributed by atoms with van der Waals surface area (Å²) in [7, 11) is 0. The zero-order valence-electron chi connectivity index (χ0n) is 13.4. The highest BCUT2D eigenvalue weighted by molar-refractivity contribution is 5.82. The van der Waals surface area contributed by atoms with Gasteiger partial charge in [-0.1, -0.05) is 26.0 Å². The maximum atomic E-state index is 5.83. The second-order valence-electron chi connectivity index (χ2n) is 5.58. The summed E-state index contributed by atoms with van der Waals surface area (Å²) in [6.07, 6.45) is 2.00. The van der Waals surface area contributed by atoms with Gasteiger partial charge in [-0.25, -0.2) is 4.98 Å². The third-order valence-corrected chi connectivity index (χ3v) is 3.84. The molecule has 3 nitrogen and oxygen atoms in total. The molecule has 0 aliphatic rings. The van der Waals surface area contributed by atoms with Gasteiger partial charge in [0, 0.05) is 0 Å². The molecular formula is C19H22N2O. The molecule has 3 aromatic rings. The molecule has 0 amide bonds. The lowest BCUT2D eigenvalue weighted by atomic mass is 10.0. The van der Waals surface area contributed by atoms with Crippen molar-refractivity contribution in [3.8, 4) is 16.9 Å². The lowest BCUT2D eigenvalue weighted by molar-refractivity contribution is 0.314. The number of aromatic amines is 1. The van der Waals surface area contributed by atoms with Gasteiger partial charge in [-0.05, 0) is 60.7 Å². The van der Waals surface area contributed by atoms with Crippen molar-refractivity contribution >= 4 is 11.0 Å². The maximum Gasteiger partial charge on any atom is 0.122 e. The third kappa shape index (κ3) is 2.84. The van der Waals surface area contributed by atoms with E-state index in [0.29, 0.717) is 0 Å². The number of H-pyrrole nitrogens is 1. The molecule has 0 saturated carbocycles. The second kappa shape index (κ2) is 6.22. The van der Waals surface area contributed by atoms with Crippen molar-refractivity contribution in [2.75, 3.05) is 6.61 Å². The molecule has 22 heavy (non-hydrogen) atoms. The highest BCUT2D eigenvalue weighted by atomic mass is 16.5. The standard InChI is InChI=1S/C19H22N2O/c1-4-10-22-19-9-7-15(11-14(19)5-2)16-6-8-17-18(12-16)21-13(3)20-17/h6-9,11-12H,4-5,10H2,1-3H3,(H,20,21). The van der Waals surface area contributed by atoms with Crippen molar-refractivity contribution in [1.29, 1.82) is 0 Å². The summed E-state index contributed by atoms with van der Waals surface area (Å²) in [5, 5.41) is 0. The molecule has 0 bridgehead atoms. The van der Waals surface area contributed by atoms with Gasteiger partial charge in [0.1, 0.15) is 11.6 Å². The molecule has 0 fully saturated rings. The molecule has 3 heteroatoms. The van der Waals surface area contributed by atoms with E-state index in [0.717, 1.165) is 42.1 Å². The molecule has 2 aromatic carbocycles. The average Bonchev–Trinajstić information content (AvgIpc) is 2.91. The normalized spacial score (nSPS) is 11.0. The fraction of sp³-hybridized carbons (Fsp3) is 0.316. The Balaban J connectivity index is 1.98. The Kier molecular flexibility index (Phi) is 4.14. The molecule has 1 aromatic heterocycles. The van der Waals surface area contributed by atoms with Crippen molar-refractivity contribution in [2.24, 2.45) is 0 Å². The van der Waals surface area contributed by atoms with Gasteiger partial charge in [0.05, 0.1) is 17.6 Å². The largest absolute Gasteiger partial charge is 0.493 e. The molecule has 114 valence electrons. The number of aryl methyl sites for hydroxylation is 2. The van der Waals surface area contributed by atoms with E-state index in [1.165, 1.54) is 16.7 Å². The van der Waals surface area contributed by atoms with E-state index >= 15 is 0 Å². The van der Waals surface area contributed by atoms with Crippen molar-refractivity contribution in [3.63, 3.8) is 0 Å². The number of benzene rings is 2. The van der Waals surface area contributed by atoms with Crippen LogP contribution in [0, 0.1) is 6.92 Å². The van der Waals surface area contributed by atoms with Gasteiger partial charge in [0.15, 0.2) is 0 Å². The second-order valence-corrected chi connectivity index (χ2v) is 5.58. The Morgan fingerprint density at radius 1 is 1.05 bits per heavy atom. The molecule has 0 atom stereocenters. The molecule has 0 radical (unpaired) electrons. The van der Waals surface area contributed by atoms with E-state index in [9.17, 15) is 0 Å². The van der Waals surface area contributed by atoms with Crippen molar-refractivity contribution < 1.29 is 4.74 Å². The number of hydrogen-bond donors (Lipinski definition) is 1. The number of rotatable bonds is 5. The SMILES string of the molecule is CCCOc1ccc(-c2ccc3nc(C)[nH]c3c2)cc1CC. The monoisotopic (exact) mass is 294 g/mol. The van der Waals surface area contributed by atoms with Gasteiger partial charge >= 0.3 is 0 Å². The summed E-state index contributed by atoms with van der Waals surface area (Å²) in [5.41, 5.74) is 5.77. The van der Waals surface area contributed by atoms with E-state index in [1.54, 1.807) is 0 Å². The predicted octanol–water partition coefficient (Wildman–Crippen LogP) is 4.89. The number of nitrogens with zero attached hydrogens (tertiary/aromatic N) is 1. The van der Waals surface area contributed by atoms with Gasteiger partial charge in [-0.15, -0.1) is 0 Å². The first-order chi connectivity index (χ1) is 10.7. The zero-order chi connectivity index (χ0) is 15.5. The first-order valence-electron chi connectivity index (χ1n) is 7.93. The number of hydrogen-bond acceptors (Lipinski definition) is 2. The summed E-state index contributed by atoms with van der Waals surface area (Å²) in [6, 6.07) is 12.8. The average molecular weight is 294 g/mol. The lowest BCUT2D eigenvalue weighted by Gasteiger charge is -2.12. The van der Waals surface area contributed by atoms with Gasteiger partial charge in [-0.2, -0.15) is 0 Å². The maximum absolute atomic E-state index is 5.83. The fourth-order valence-corrected chi connectivity index (χ4v) is 2.70. The molecule has 3 rings (SSSR count). The number of fused-ring (bicyclic) bond motifs is 1. The van der Waals surface area contributed by atoms with E-state index in [-0.39, 0.29) is 0 Å². The van der Waals surface area contributed by atoms with E-state index in [1.807, 2.05) is 6.92 Å². The summed E-state index contributed by atoms with van der Waals surface area (Å²) in [5.74, 6) is 1.95. The third-order valence-electron chi connectivity index (χ3n) is 3.84. The van der Waals surface area contributed by atoms with Crippen LogP contribution in [0.3, 0.4) is 0 Å². The Hall–Kier alpha value is -2.29. The van der Waals surface area contributed by atoms with E-state index < -0.39 is 0 Å². The van der Waals surface area contributed by atoms with Gasteiger partial charge in [-0.3, -0.25) is 0 Å². The quantitative estimate of drug-likeness (QED) is 0.727. The minimum Gasteiger partial charge on any atom is -0.493 e. The molecule has 0 spiro atoms. The first-order valence-corrected chi connectivity index (χ1v) is 7.93. The Morgan fingerprint density at radius 3 is 2.59 bits per heavy atom. The Labute approximate surface area is 131 Å². The predicted molar refractivity (Wildman–Crippen MR) is 91.4 cm³/mol. The zero-order valence-corrected chi connectivity index (χ0v) is 13.4. The van der Waals surface area contributed by atoms with Crippen LogP contribution in [0.1, 0.15) is 31.7 Å². The summed E-state index contributed by atoms with van der Waals surface area (Å²) >= 11 is 0. The van der Waals surface area contributed by atoms with Gasteiger partial charge in [0.25, 0.3) is 0 Å². The van der Waals surface area contributed by atoms with Crippen LogP contribution in [-0.2, 0) is 6.42 Å². The van der Waals surface area contributed by atoms with Crippen LogP contribution in [0.5, 0.6) is 5.75 Å². The number of ether oxygens (including phenoxy) is 1. The lowest BCUT2D eigenvalue weighted by Crippen LogP contribution is -1.98. The van der Waals surface area contributed by atoms with Crippen molar-refractivity contribution in [2.45, 2.75) is 33.6 Å². The molecule has 0 saturated heterocycles.